The van der Waals surface area contributed by atoms with Gasteiger partial charge in [-0.15, -0.1) is 0 Å². The summed E-state index contributed by atoms with van der Waals surface area (Å²) >= 11 is 0. The molecule has 1 aliphatic carbocycles. The van der Waals surface area contributed by atoms with E-state index >= 15 is 0 Å². The maximum absolute atomic E-state index is 12.5. The molecule has 22 heavy (non-hydrogen) atoms. The number of ketones is 2. The summed E-state index contributed by atoms with van der Waals surface area (Å²) < 4.78 is 5.32. The Bertz CT molecular complexity index is 551. The molecular formula is C17H21NO4. The van der Waals surface area contributed by atoms with Gasteiger partial charge in [0.2, 0.25) is 0 Å². The SMILES string of the molecule is Cc1ccc(C2CC(=O)C(C3COCCN3O)C(=O)C2)cc1. The molecule has 1 N–H and O–H groups in total. The summed E-state index contributed by atoms with van der Waals surface area (Å²) in [5.41, 5.74) is 2.19. The van der Waals surface area contributed by atoms with Gasteiger partial charge < -0.3 is 9.94 Å². The van der Waals surface area contributed by atoms with Gasteiger partial charge in [0.15, 0.2) is 0 Å². The first-order valence-electron chi connectivity index (χ1n) is 7.71. The number of hydroxylamine groups is 2. The average Bonchev–Trinajstić information content (AvgIpc) is 2.49. The predicted molar refractivity (Wildman–Crippen MR) is 79.8 cm³/mol. The summed E-state index contributed by atoms with van der Waals surface area (Å²) in [6, 6.07) is 7.45. The highest BCUT2D eigenvalue weighted by molar-refractivity contribution is 6.06. The zero-order valence-electron chi connectivity index (χ0n) is 12.7. The number of carbonyl (C=O) groups excluding carboxylic acids is 2. The number of rotatable bonds is 2. The molecule has 0 radical (unpaired) electrons. The lowest BCUT2D eigenvalue weighted by Gasteiger charge is -2.37. The van der Waals surface area contributed by atoms with Crippen LogP contribution in [-0.2, 0) is 14.3 Å². The van der Waals surface area contributed by atoms with Crippen LogP contribution in [0.3, 0.4) is 0 Å². The van der Waals surface area contributed by atoms with Gasteiger partial charge in [0.25, 0.3) is 0 Å². The minimum atomic E-state index is -0.757. The van der Waals surface area contributed by atoms with Crippen LogP contribution in [-0.4, -0.2) is 47.6 Å². The molecule has 0 amide bonds. The van der Waals surface area contributed by atoms with Gasteiger partial charge in [-0.3, -0.25) is 9.59 Å². The quantitative estimate of drug-likeness (QED) is 0.843. The number of aryl methyl sites for hydroxylation is 1. The monoisotopic (exact) mass is 303 g/mol. The minimum absolute atomic E-state index is 0.0477. The molecule has 1 unspecified atom stereocenters. The lowest BCUT2D eigenvalue weighted by atomic mass is 9.74. The first-order chi connectivity index (χ1) is 10.6. The van der Waals surface area contributed by atoms with Crippen molar-refractivity contribution in [1.29, 1.82) is 0 Å². The number of morpholine rings is 1. The van der Waals surface area contributed by atoms with E-state index in [0.29, 0.717) is 26.0 Å². The maximum Gasteiger partial charge on any atom is 0.145 e. The Morgan fingerprint density at radius 2 is 1.77 bits per heavy atom. The summed E-state index contributed by atoms with van der Waals surface area (Å²) in [7, 11) is 0. The van der Waals surface area contributed by atoms with Crippen molar-refractivity contribution in [1.82, 2.24) is 5.06 Å². The molecule has 5 nitrogen and oxygen atoms in total. The normalized spacial score (nSPS) is 30.5. The van der Waals surface area contributed by atoms with Gasteiger partial charge in [-0.2, -0.15) is 5.06 Å². The summed E-state index contributed by atoms with van der Waals surface area (Å²) in [4.78, 5) is 25.0. The van der Waals surface area contributed by atoms with Gasteiger partial charge >= 0.3 is 0 Å². The van der Waals surface area contributed by atoms with E-state index in [1.165, 1.54) is 0 Å². The van der Waals surface area contributed by atoms with E-state index < -0.39 is 12.0 Å². The van der Waals surface area contributed by atoms with E-state index in [2.05, 4.69) is 0 Å². The first kappa shape index (κ1) is 15.3. The number of hydrogen-bond donors (Lipinski definition) is 1. The fourth-order valence-corrected chi connectivity index (χ4v) is 3.38. The van der Waals surface area contributed by atoms with Crippen LogP contribution in [0.4, 0.5) is 0 Å². The summed E-state index contributed by atoms with van der Waals surface area (Å²) in [5, 5.41) is 11.0. The fourth-order valence-electron chi connectivity index (χ4n) is 3.38. The second kappa shape index (κ2) is 6.28. The van der Waals surface area contributed by atoms with E-state index in [9.17, 15) is 14.8 Å². The predicted octanol–water partition coefficient (Wildman–Crippen LogP) is 1.72. The Morgan fingerprint density at radius 3 is 2.36 bits per heavy atom. The molecule has 0 bridgehead atoms. The molecule has 1 saturated heterocycles. The molecule has 1 aromatic carbocycles. The lowest BCUT2D eigenvalue weighted by molar-refractivity contribution is -0.198. The summed E-state index contributed by atoms with van der Waals surface area (Å²) in [5.74, 6) is -0.978. The molecule has 118 valence electrons. The van der Waals surface area contributed by atoms with Crippen LogP contribution < -0.4 is 0 Å². The van der Waals surface area contributed by atoms with Crippen LogP contribution in [0.2, 0.25) is 0 Å². The largest absolute Gasteiger partial charge is 0.378 e. The van der Waals surface area contributed by atoms with Crippen LogP contribution in [0, 0.1) is 12.8 Å². The number of hydrogen-bond acceptors (Lipinski definition) is 5. The second-order valence-electron chi connectivity index (χ2n) is 6.23. The molecule has 0 spiro atoms. The third-order valence-electron chi connectivity index (χ3n) is 4.66. The van der Waals surface area contributed by atoms with Crippen molar-refractivity contribution in [2.24, 2.45) is 5.92 Å². The number of ether oxygens (including phenoxy) is 1. The van der Waals surface area contributed by atoms with E-state index in [4.69, 9.17) is 4.74 Å². The molecule has 5 heteroatoms. The van der Waals surface area contributed by atoms with Gasteiger partial charge in [-0.25, -0.2) is 0 Å². The maximum atomic E-state index is 12.5. The average molecular weight is 303 g/mol. The van der Waals surface area contributed by atoms with Crippen LogP contribution in [0.25, 0.3) is 0 Å². The van der Waals surface area contributed by atoms with Gasteiger partial charge in [-0.05, 0) is 18.4 Å². The third kappa shape index (κ3) is 2.97. The number of benzene rings is 1. The molecular weight excluding hydrogens is 282 g/mol. The van der Waals surface area contributed by atoms with Crippen LogP contribution in [0.5, 0.6) is 0 Å². The zero-order valence-corrected chi connectivity index (χ0v) is 12.7. The molecule has 1 aliphatic heterocycles. The first-order valence-corrected chi connectivity index (χ1v) is 7.71. The van der Waals surface area contributed by atoms with Crippen molar-refractivity contribution < 1.29 is 19.5 Å². The van der Waals surface area contributed by atoms with Gasteiger partial charge in [0.05, 0.1) is 25.2 Å². The van der Waals surface area contributed by atoms with Gasteiger partial charge in [-0.1, -0.05) is 29.8 Å². The van der Waals surface area contributed by atoms with E-state index in [-0.39, 0.29) is 24.1 Å². The molecule has 2 aliphatic rings. The smallest absolute Gasteiger partial charge is 0.145 e. The number of carbonyl (C=O) groups is 2. The van der Waals surface area contributed by atoms with Crippen LogP contribution in [0.1, 0.15) is 29.9 Å². The van der Waals surface area contributed by atoms with Crippen molar-refractivity contribution >= 4 is 11.6 Å². The number of nitrogens with zero attached hydrogens (tertiary/aromatic N) is 1. The lowest BCUT2D eigenvalue weighted by Crippen LogP contribution is -2.53. The van der Waals surface area contributed by atoms with E-state index in [1.54, 1.807) is 0 Å². The van der Waals surface area contributed by atoms with Crippen molar-refractivity contribution in [2.45, 2.75) is 31.7 Å². The highest BCUT2D eigenvalue weighted by atomic mass is 16.5. The van der Waals surface area contributed by atoms with Crippen molar-refractivity contribution in [3.05, 3.63) is 35.4 Å². The highest BCUT2D eigenvalue weighted by Crippen LogP contribution is 2.34. The molecule has 1 aromatic rings. The Hall–Kier alpha value is -1.56. The summed E-state index contributed by atoms with van der Waals surface area (Å²) in [6.07, 6.45) is 0.702. The number of Topliss-reactive ketones (excluding diaryl/α,β-unsaturated/α-hetero) is 2. The van der Waals surface area contributed by atoms with Crippen LogP contribution in [0.15, 0.2) is 24.3 Å². The van der Waals surface area contributed by atoms with Crippen molar-refractivity contribution in [2.75, 3.05) is 19.8 Å². The standard InChI is InChI=1S/C17H21NO4/c1-11-2-4-12(5-3-11)13-8-15(19)17(16(20)9-13)14-10-22-7-6-18(14)21/h2-5,13-14,17,21H,6-10H2,1H3. The Balaban J connectivity index is 1.75. The molecule has 1 saturated carbocycles. The topological polar surface area (TPSA) is 66.8 Å². The van der Waals surface area contributed by atoms with Crippen molar-refractivity contribution in [3.8, 4) is 0 Å². The van der Waals surface area contributed by atoms with E-state index in [0.717, 1.165) is 16.2 Å². The molecule has 3 rings (SSSR count). The third-order valence-corrected chi connectivity index (χ3v) is 4.66. The highest BCUT2D eigenvalue weighted by Gasteiger charge is 2.43. The summed E-state index contributed by atoms with van der Waals surface area (Å²) in [6.45, 7) is 3.00. The second-order valence-corrected chi connectivity index (χ2v) is 6.23. The fraction of sp³-hybridized carbons (Fsp3) is 0.529. The molecule has 2 fully saturated rings. The molecule has 1 heterocycles. The molecule has 1 atom stereocenters. The van der Waals surface area contributed by atoms with E-state index in [1.807, 2.05) is 31.2 Å². The molecule has 0 aromatic heterocycles. The Kier molecular flexibility index (Phi) is 4.38. The zero-order chi connectivity index (χ0) is 15.7. The minimum Gasteiger partial charge on any atom is -0.378 e. The Morgan fingerprint density at radius 1 is 1.14 bits per heavy atom. The van der Waals surface area contributed by atoms with Crippen LogP contribution >= 0.6 is 0 Å². The van der Waals surface area contributed by atoms with Gasteiger partial charge in [0.1, 0.15) is 11.6 Å². The Labute approximate surface area is 129 Å². The van der Waals surface area contributed by atoms with Gasteiger partial charge in [0, 0.05) is 19.4 Å². The van der Waals surface area contributed by atoms with Crippen molar-refractivity contribution in [3.63, 3.8) is 0 Å².